The molecule has 0 aromatic rings. The summed E-state index contributed by atoms with van der Waals surface area (Å²) >= 11 is 0. The quantitative estimate of drug-likeness (QED) is 0.807. The molecule has 1 aliphatic carbocycles. The second-order valence-electron chi connectivity index (χ2n) is 6.32. The van der Waals surface area contributed by atoms with Crippen LogP contribution in [0.4, 0.5) is 0 Å². The normalized spacial score (nSPS) is 31.7. The monoisotopic (exact) mass is 303 g/mol. The van der Waals surface area contributed by atoms with Crippen molar-refractivity contribution in [1.82, 2.24) is 8.61 Å². The third-order valence-electron chi connectivity index (χ3n) is 4.66. The van der Waals surface area contributed by atoms with Gasteiger partial charge in [0.2, 0.25) is 0 Å². The summed E-state index contributed by atoms with van der Waals surface area (Å²) in [5, 5.41) is 0. The predicted octanol–water partition coefficient (Wildman–Crippen LogP) is 1.41. The average Bonchev–Trinajstić information content (AvgIpc) is 2.82. The predicted molar refractivity (Wildman–Crippen MR) is 81.5 cm³/mol. The highest BCUT2D eigenvalue weighted by Crippen LogP contribution is 2.37. The van der Waals surface area contributed by atoms with Gasteiger partial charge in [0.05, 0.1) is 0 Å². The van der Waals surface area contributed by atoms with Crippen LogP contribution in [0.25, 0.3) is 0 Å². The Morgan fingerprint density at radius 2 is 1.70 bits per heavy atom. The summed E-state index contributed by atoms with van der Waals surface area (Å²) in [6, 6.07) is 0.265. The van der Waals surface area contributed by atoms with E-state index >= 15 is 0 Å². The van der Waals surface area contributed by atoms with Gasteiger partial charge in [-0.1, -0.05) is 13.8 Å². The van der Waals surface area contributed by atoms with Crippen molar-refractivity contribution in [1.29, 1.82) is 0 Å². The first kappa shape index (κ1) is 16.2. The van der Waals surface area contributed by atoms with Crippen LogP contribution in [0.2, 0.25) is 0 Å². The van der Waals surface area contributed by atoms with Crippen LogP contribution in [0, 0.1) is 11.8 Å². The van der Waals surface area contributed by atoms with Crippen molar-refractivity contribution in [3.8, 4) is 0 Å². The Labute approximate surface area is 123 Å². The molecule has 1 saturated carbocycles. The van der Waals surface area contributed by atoms with Crippen LogP contribution in [-0.2, 0) is 10.2 Å². The lowest BCUT2D eigenvalue weighted by molar-refractivity contribution is 0.271. The van der Waals surface area contributed by atoms with E-state index in [0.717, 1.165) is 32.1 Å². The van der Waals surface area contributed by atoms with Gasteiger partial charge >= 0.3 is 0 Å². The Morgan fingerprint density at radius 1 is 1.10 bits per heavy atom. The molecule has 6 heteroatoms. The van der Waals surface area contributed by atoms with Crippen molar-refractivity contribution < 1.29 is 8.42 Å². The Balaban J connectivity index is 2.06. The van der Waals surface area contributed by atoms with Crippen LogP contribution in [0.5, 0.6) is 0 Å². The summed E-state index contributed by atoms with van der Waals surface area (Å²) < 4.78 is 28.9. The molecule has 20 heavy (non-hydrogen) atoms. The first-order valence-electron chi connectivity index (χ1n) is 7.99. The van der Waals surface area contributed by atoms with Crippen molar-refractivity contribution in [2.75, 3.05) is 26.2 Å². The van der Waals surface area contributed by atoms with Gasteiger partial charge in [0.1, 0.15) is 0 Å². The van der Waals surface area contributed by atoms with E-state index in [4.69, 9.17) is 5.73 Å². The van der Waals surface area contributed by atoms with Gasteiger partial charge in [-0.3, -0.25) is 0 Å². The molecule has 118 valence electrons. The topological polar surface area (TPSA) is 66.6 Å². The minimum absolute atomic E-state index is 0.265. The molecule has 2 fully saturated rings. The SMILES string of the molecule is CCCN(CCC)S(=O)(=O)N1C[C@H]2CCC(N)C[C@H]2C1. The maximum absolute atomic E-state index is 12.8. The molecule has 0 radical (unpaired) electrons. The molecule has 1 unspecified atom stereocenters. The van der Waals surface area contributed by atoms with Gasteiger partial charge in [-0.05, 0) is 43.9 Å². The summed E-state index contributed by atoms with van der Waals surface area (Å²) in [4.78, 5) is 0. The third kappa shape index (κ3) is 3.35. The van der Waals surface area contributed by atoms with Gasteiger partial charge in [-0.15, -0.1) is 0 Å². The third-order valence-corrected chi connectivity index (χ3v) is 6.62. The number of fused-ring (bicyclic) bond motifs is 1. The Kier molecular flexibility index (Phi) is 5.45. The highest BCUT2D eigenvalue weighted by atomic mass is 32.2. The fourth-order valence-electron chi connectivity index (χ4n) is 3.62. The second kappa shape index (κ2) is 6.73. The molecule has 0 bridgehead atoms. The Morgan fingerprint density at radius 3 is 2.30 bits per heavy atom. The number of hydrogen-bond acceptors (Lipinski definition) is 3. The van der Waals surface area contributed by atoms with E-state index in [1.54, 1.807) is 8.61 Å². The summed E-state index contributed by atoms with van der Waals surface area (Å²) in [5.74, 6) is 0.994. The molecule has 1 aliphatic heterocycles. The standard InChI is InChI=1S/C14H29N3O2S/c1-3-7-16(8-4-2)20(18,19)17-10-12-5-6-14(15)9-13(12)11-17/h12-14H,3-11,15H2,1-2H3/t12-,13+,14?/m1/s1. The first-order valence-corrected chi connectivity index (χ1v) is 9.39. The van der Waals surface area contributed by atoms with E-state index in [2.05, 4.69) is 0 Å². The molecule has 1 saturated heterocycles. The van der Waals surface area contributed by atoms with Gasteiger partial charge in [-0.25, -0.2) is 0 Å². The van der Waals surface area contributed by atoms with Crippen LogP contribution >= 0.6 is 0 Å². The fraction of sp³-hybridized carbons (Fsp3) is 1.00. The van der Waals surface area contributed by atoms with Crippen molar-refractivity contribution in [3.05, 3.63) is 0 Å². The van der Waals surface area contributed by atoms with Crippen LogP contribution in [0.15, 0.2) is 0 Å². The molecule has 0 aromatic heterocycles. The second-order valence-corrected chi connectivity index (χ2v) is 8.25. The zero-order valence-corrected chi connectivity index (χ0v) is 13.6. The summed E-state index contributed by atoms with van der Waals surface area (Å²) in [6.45, 7) is 6.68. The zero-order valence-electron chi connectivity index (χ0n) is 12.8. The zero-order chi connectivity index (χ0) is 14.8. The van der Waals surface area contributed by atoms with Gasteiger partial charge in [-0.2, -0.15) is 17.0 Å². The summed E-state index contributed by atoms with van der Waals surface area (Å²) in [6.07, 6.45) is 4.84. The van der Waals surface area contributed by atoms with Gasteiger partial charge in [0, 0.05) is 32.2 Å². The smallest absolute Gasteiger partial charge is 0.281 e. The van der Waals surface area contributed by atoms with Crippen LogP contribution in [0.1, 0.15) is 46.0 Å². The average molecular weight is 303 g/mol. The first-order chi connectivity index (χ1) is 9.48. The minimum Gasteiger partial charge on any atom is -0.328 e. The summed E-state index contributed by atoms with van der Waals surface area (Å²) in [5.41, 5.74) is 6.02. The maximum Gasteiger partial charge on any atom is 0.281 e. The molecule has 2 aliphatic rings. The largest absolute Gasteiger partial charge is 0.328 e. The highest BCUT2D eigenvalue weighted by Gasteiger charge is 2.42. The van der Waals surface area contributed by atoms with Crippen molar-refractivity contribution in [3.63, 3.8) is 0 Å². The van der Waals surface area contributed by atoms with Gasteiger partial charge < -0.3 is 5.73 Å². The van der Waals surface area contributed by atoms with E-state index in [-0.39, 0.29) is 6.04 Å². The number of rotatable bonds is 6. The van der Waals surface area contributed by atoms with E-state index in [1.165, 1.54) is 0 Å². The fourth-order valence-corrected chi connectivity index (χ4v) is 5.53. The molecule has 0 aromatic carbocycles. The maximum atomic E-state index is 12.8. The Hall–Kier alpha value is -0.170. The van der Waals surface area contributed by atoms with E-state index in [1.807, 2.05) is 13.8 Å². The van der Waals surface area contributed by atoms with Crippen molar-refractivity contribution >= 4 is 10.2 Å². The molecule has 0 spiro atoms. The van der Waals surface area contributed by atoms with Crippen LogP contribution in [-0.4, -0.2) is 49.2 Å². The molecule has 2 N–H and O–H groups in total. The lowest BCUT2D eigenvalue weighted by Crippen LogP contribution is -2.43. The lowest BCUT2D eigenvalue weighted by Gasteiger charge is -2.28. The van der Waals surface area contributed by atoms with E-state index in [0.29, 0.717) is 38.0 Å². The highest BCUT2D eigenvalue weighted by molar-refractivity contribution is 7.86. The van der Waals surface area contributed by atoms with E-state index < -0.39 is 10.2 Å². The van der Waals surface area contributed by atoms with Crippen LogP contribution < -0.4 is 5.73 Å². The van der Waals surface area contributed by atoms with Crippen LogP contribution in [0.3, 0.4) is 0 Å². The number of nitrogens with two attached hydrogens (primary N) is 1. The lowest BCUT2D eigenvalue weighted by atomic mass is 9.79. The molecule has 1 heterocycles. The molecule has 5 nitrogen and oxygen atoms in total. The van der Waals surface area contributed by atoms with Gasteiger partial charge in [0.15, 0.2) is 0 Å². The van der Waals surface area contributed by atoms with Gasteiger partial charge in [0.25, 0.3) is 10.2 Å². The molecule has 3 atom stereocenters. The molecule has 0 amide bonds. The molecule has 2 rings (SSSR count). The molecular weight excluding hydrogens is 274 g/mol. The number of nitrogens with zero attached hydrogens (tertiary/aromatic N) is 2. The van der Waals surface area contributed by atoms with Crippen molar-refractivity contribution in [2.24, 2.45) is 17.6 Å². The summed E-state index contributed by atoms with van der Waals surface area (Å²) in [7, 11) is -3.27. The minimum atomic E-state index is -3.27. The van der Waals surface area contributed by atoms with Crippen molar-refractivity contribution in [2.45, 2.75) is 52.0 Å². The molecular formula is C14H29N3O2S. The number of hydrogen-bond donors (Lipinski definition) is 1. The Bertz CT molecular complexity index is 407. The van der Waals surface area contributed by atoms with E-state index in [9.17, 15) is 8.42 Å².